The predicted octanol–water partition coefficient (Wildman–Crippen LogP) is 3.27. The van der Waals surface area contributed by atoms with Gasteiger partial charge in [-0.1, -0.05) is 45.9 Å². The van der Waals surface area contributed by atoms with Crippen LogP contribution >= 0.6 is 0 Å². The molecule has 1 saturated heterocycles. The summed E-state index contributed by atoms with van der Waals surface area (Å²) in [7, 11) is 0. The molecule has 0 spiro atoms. The summed E-state index contributed by atoms with van der Waals surface area (Å²) >= 11 is 0. The monoisotopic (exact) mass is 357 g/mol. The maximum Gasteiger partial charge on any atom is 0.260 e. The minimum atomic E-state index is -0.0779. The summed E-state index contributed by atoms with van der Waals surface area (Å²) in [5.41, 5.74) is 1.15. The molecule has 0 aliphatic carbocycles. The molecule has 1 heterocycles. The van der Waals surface area contributed by atoms with Crippen molar-refractivity contribution in [1.82, 2.24) is 9.80 Å². The van der Waals surface area contributed by atoms with Gasteiger partial charge in [0.15, 0.2) is 6.61 Å². The van der Waals surface area contributed by atoms with Crippen molar-refractivity contribution < 1.29 is 9.53 Å². The number of para-hydroxylation sites is 1. The molecular weight excluding hydrogens is 326 g/mol. The van der Waals surface area contributed by atoms with Gasteiger partial charge in [0, 0.05) is 26.2 Å². The zero-order valence-electron chi connectivity index (χ0n) is 16.4. The molecule has 2 unspecified atom stereocenters. The number of nitrogens with zero attached hydrogens (tertiary/aromatic N) is 3. The molecule has 0 radical (unpaired) electrons. The second kappa shape index (κ2) is 9.59. The highest BCUT2D eigenvalue weighted by Crippen LogP contribution is 2.28. The Morgan fingerprint density at radius 1 is 1.19 bits per heavy atom. The van der Waals surface area contributed by atoms with Crippen molar-refractivity contribution in [3.8, 4) is 11.8 Å². The Morgan fingerprint density at radius 2 is 1.85 bits per heavy atom. The van der Waals surface area contributed by atoms with Crippen LogP contribution in [-0.2, 0) is 4.79 Å². The van der Waals surface area contributed by atoms with Crippen LogP contribution in [0.1, 0.15) is 45.6 Å². The number of ether oxygens (including phenoxy) is 1. The van der Waals surface area contributed by atoms with Crippen LogP contribution < -0.4 is 4.74 Å². The average molecular weight is 357 g/mol. The SMILES string of the molecule is CCC(C)c1ccccc1OCC(=O)N1CCN(C(C#N)C(C)C)CC1. The molecule has 5 nitrogen and oxygen atoms in total. The maximum absolute atomic E-state index is 12.5. The van der Waals surface area contributed by atoms with Gasteiger partial charge in [0.05, 0.1) is 6.07 Å². The van der Waals surface area contributed by atoms with E-state index in [-0.39, 0.29) is 18.6 Å². The van der Waals surface area contributed by atoms with Crippen LogP contribution in [0.25, 0.3) is 0 Å². The third-order valence-corrected chi connectivity index (χ3v) is 5.24. The highest BCUT2D eigenvalue weighted by Gasteiger charge is 2.27. The van der Waals surface area contributed by atoms with E-state index in [1.807, 2.05) is 23.1 Å². The lowest BCUT2D eigenvalue weighted by Crippen LogP contribution is -2.53. The molecule has 1 amide bonds. The minimum Gasteiger partial charge on any atom is -0.483 e. The summed E-state index contributed by atoms with van der Waals surface area (Å²) in [5, 5.41) is 9.33. The van der Waals surface area contributed by atoms with Crippen LogP contribution in [0.2, 0.25) is 0 Å². The number of amides is 1. The molecule has 142 valence electrons. The molecule has 0 bridgehead atoms. The minimum absolute atomic E-state index is 0.0154. The molecule has 1 aliphatic rings. The second-order valence-corrected chi connectivity index (χ2v) is 7.37. The van der Waals surface area contributed by atoms with E-state index >= 15 is 0 Å². The van der Waals surface area contributed by atoms with Crippen LogP contribution in [0.3, 0.4) is 0 Å². The van der Waals surface area contributed by atoms with Crippen molar-refractivity contribution in [2.45, 2.75) is 46.1 Å². The topological polar surface area (TPSA) is 56.6 Å². The van der Waals surface area contributed by atoms with Crippen LogP contribution in [-0.4, -0.2) is 54.5 Å². The first-order valence-corrected chi connectivity index (χ1v) is 9.61. The summed E-state index contributed by atoms with van der Waals surface area (Å²) in [6.45, 7) is 11.3. The fourth-order valence-corrected chi connectivity index (χ4v) is 3.37. The zero-order chi connectivity index (χ0) is 19.1. The third-order valence-electron chi connectivity index (χ3n) is 5.24. The summed E-state index contributed by atoms with van der Waals surface area (Å²) in [6, 6.07) is 10.3. The Balaban J connectivity index is 1.88. The van der Waals surface area contributed by atoms with Gasteiger partial charge in [-0.3, -0.25) is 9.69 Å². The molecule has 0 N–H and O–H groups in total. The summed E-state index contributed by atoms with van der Waals surface area (Å²) in [6.07, 6.45) is 1.03. The number of carbonyl (C=O) groups excluding carboxylic acids is 1. The van der Waals surface area contributed by atoms with E-state index in [2.05, 4.69) is 44.7 Å². The van der Waals surface area contributed by atoms with E-state index in [1.165, 1.54) is 0 Å². The van der Waals surface area contributed by atoms with Crippen LogP contribution in [0.5, 0.6) is 5.75 Å². The van der Waals surface area contributed by atoms with Gasteiger partial charge in [-0.25, -0.2) is 0 Å². The van der Waals surface area contributed by atoms with E-state index in [4.69, 9.17) is 4.74 Å². The zero-order valence-corrected chi connectivity index (χ0v) is 16.4. The standard InChI is InChI=1S/C21H31N3O2/c1-5-17(4)18-8-6-7-9-20(18)26-15-21(25)24-12-10-23(11-13-24)19(14-22)16(2)3/h6-9,16-17,19H,5,10-13,15H2,1-4H3. The first-order chi connectivity index (χ1) is 12.5. The highest BCUT2D eigenvalue weighted by molar-refractivity contribution is 5.78. The number of piperazine rings is 1. The smallest absolute Gasteiger partial charge is 0.260 e. The van der Waals surface area contributed by atoms with Crippen molar-refractivity contribution in [1.29, 1.82) is 5.26 Å². The van der Waals surface area contributed by atoms with Gasteiger partial charge in [-0.2, -0.15) is 5.26 Å². The van der Waals surface area contributed by atoms with Gasteiger partial charge >= 0.3 is 0 Å². The quantitative estimate of drug-likeness (QED) is 0.751. The molecular formula is C21H31N3O2. The Kier molecular flexibility index (Phi) is 7.47. The average Bonchev–Trinajstić information content (AvgIpc) is 2.66. The number of nitriles is 1. The molecule has 1 aromatic carbocycles. The Hall–Kier alpha value is -2.06. The van der Waals surface area contributed by atoms with E-state index in [0.29, 0.717) is 24.9 Å². The lowest BCUT2D eigenvalue weighted by Gasteiger charge is -2.38. The van der Waals surface area contributed by atoms with E-state index in [0.717, 1.165) is 30.8 Å². The fourth-order valence-electron chi connectivity index (χ4n) is 3.37. The molecule has 2 rings (SSSR count). The number of rotatable bonds is 7. The van der Waals surface area contributed by atoms with Crippen LogP contribution in [0.4, 0.5) is 0 Å². The summed E-state index contributed by atoms with van der Waals surface area (Å²) < 4.78 is 5.85. The molecule has 1 aliphatic heterocycles. The summed E-state index contributed by atoms with van der Waals surface area (Å²) in [5.74, 6) is 1.52. The van der Waals surface area contributed by atoms with E-state index < -0.39 is 0 Å². The number of carbonyl (C=O) groups is 1. The van der Waals surface area contributed by atoms with Crippen molar-refractivity contribution in [2.24, 2.45) is 5.92 Å². The van der Waals surface area contributed by atoms with Crippen LogP contribution in [0, 0.1) is 17.2 Å². The van der Waals surface area contributed by atoms with Crippen LogP contribution in [0.15, 0.2) is 24.3 Å². The van der Waals surface area contributed by atoms with Gasteiger partial charge in [-0.05, 0) is 29.9 Å². The number of hydrogen-bond donors (Lipinski definition) is 0. The first-order valence-electron chi connectivity index (χ1n) is 9.61. The van der Waals surface area contributed by atoms with Crippen molar-refractivity contribution in [3.63, 3.8) is 0 Å². The normalized spacial score (nSPS) is 17.6. The van der Waals surface area contributed by atoms with Crippen molar-refractivity contribution in [3.05, 3.63) is 29.8 Å². The first kappa shape index (κ1) is 20.3. The second-order valence-electron chi connectivity index (χ2n) is 7.37. The predicted molar refractivity (Wildman–Crippen MR) is 103 cm³/mol. The van der Waals surface area contributed by atoms with Gasteiger partial charge in [0.1, 0.15) is 11.8 Å². The molecule has 26 heavy (non-hydrogen) atoms. The molecule has 1 aromatic rings. The van der Waals surface area contributed by atoms with Gasteiger partial charge in [-0.15, -0.1) is 0 Å². The number of hydrogen-bond acceptors (Lipinski definition) is 4. The van der Waals surface area contributed by atoms with E-state index in [1.54, 1.807) is 0 Å². The van der Waals surface area contributed by atoms with Gasteiger partial charge in [0.2, 0.25) is 0 Å². The van der Waals surface area contributed by atoms with Crippen molar-refractivity contribution in [2.75, 3.05) is 32.8 Å². The number of benzene rings is 1. The lowest BCUT2D eigenvalue weighted by atomic mass is 9.98. The fraction of sp³-hybridized carbons (Fsp3) is 0.619. The maximum atomic E-state index is 12.5. The molecule has 0 saturated carbocycles. The Labute approximate surface area is 157 Å². The lowest BCUT2D eigenvalue weighted by molar-refractivity contribution is -0.135. The molecule has 0 aromatic heterocycles. The Bertz CT molecular complexity index is 630. The van der Waals surface area contributed by atoms with Gasteiger partial charge < -0.3 is 9.64 Å². The summed E-state index contributed by atoms with van der Waals surface area (Å²) in [4.78, 5) is 16.5. The Morgan fingerprint density at radius 3 is 2.42 bits per heavy atom. The molecule has 5 heteroatoms. The third kappa shape index (κ3) is 4.98. The van der Waals surface area contributed by atoms with E-state index in [9.17, 15) is 10.1 Å². The molecule has 1 fully saturated rings. The largest absolute Gasteiger partial charge is 0.483 e. The van der Waals surface area contributed by atoms with Gasteiger partial charge in [0.25, 0.3) is 5.91 Å². The highest BCUT2D eigenvalue weighted by atomic mass is 16.5. The van der Waals surface area contributed by atoms with Crippen molar-refractivity contribution >= 4 is 5.91 Å². The molecule has 2 atom stereocenters.